The number of rotatable bonds is 5. The van der Waals surface area contributed by atoms with Crippen molar-refractivity contribution in [2.45, 2.75) is 25.8 Å². The summed E-state index contributed by atoms with van der Waals surface area (Å²) in [5.41, 5.74) is 5.30. The summed E-state index contributed by atoms with van der Waals surface area (Å²) in [5.74, 6) is 0.739. The minimum Gasteiger partial charge on any atom is -0.299 e. The lowest BCUT2D eigenvalue weighted by Crippen LogP contribution is -2.35. The molecule has 1 saturated heterocycles. The molecule has 0 radical (unpaired) electrons. The smallest absolute Gasteiger partial charge is 0.0650 e. The summed E-state index contributed by atoms with van der Waals surface area (Å²) in [5, 5.41) is 10.5. The maximum atomic E-state index is 4.14. The van der Waals surface area contributed by atoms with Crippen molar-refractivity contribution in [3.05, 3.63) is 77.3 Å². The first kappa shape index (κ1) is 17.7. The van der Waals surface area contributed by atoms with Gasteiger partial charge in [0.25, 0.3) is 0 Å². The Bertz CT molecular complexity index is 1030. The number of aromatic nitrogens is 2. The molecular weight excluding hydrogens is 362 g/mol. The molecule has 4 heteroatoms. The van der Waals surface area contributed by atoms with Gasteiger partial charge in [-0.3, -0.25) is 10.00 Å². The van der Waals surface area contributed by atoms with Gasteiger partial charge in [-0.1, -0.05) is 36.4 Å². The van der Waals surface area contributed by atoms with Gasteiger partial charge in [0.15, 0.2) is 0 Å². The number of fused-ring (bicyclic) bond motifs is 1. The number of piperidine rings is 1. The Labute approximate surface area is 170 Å². The summed E-state index contributed by atoms with van der Waals surface area (Å²) < 4.78 is 0. The van der Waals surface area contributed by atoms with E-state index in [0.717, 1.165) is 24.4 Å². The highest BCUT2D eigenvalue weighted by atomic mass is 32.1. The standard InChI is InChI=1S/C24H25N3S/c1-3-20(13-19-7-10-23-22(14-19)15-25-26-23)17-27(11-1)16-18-5-8-21(9-6-18)24-4-2-12-28-24/h2,4-10,12,14-15,20H,1,3,11,13,16-17H2,(H,25,26). The Morgan fingerprint density at radius 2 is 1.96 bits per heavy atom. The molecular formula is C24H25N3S. The summed E-state index contributed by atoms with van der Waals surface area (Å²) in [6.07, 6.45) is 5.71. The van der Waals surface area contributed by atoms with E-state index in [0.29, 0.717) is 0 Å². The van der Waals surface area contributed by atoms with E-state index in [2.05, 4.69) is 75.1 Å². The van der Waals surface area contributed by atoms with Crippen LogP contribution in [0.15, 0.2) is 66.2 Å². The van der Waals surface area contributed by atoms with Crippen LogP contribution in [0.5, 0.6) is 0 Å². The molecule has 28 heavy (non-hydrogen) atoms. The molecule has 3 nitrogen and oxygen atoms in total. The molecule has 3 heterocycles. The van der Waals surface area contributed by atoms with Gasteiger partial charge in [0.1, 0.15) is 0 Å². The number of benzene rings is 2. The summed E-state index contributed by atoms with van der Waals surface area (Å²) in [6, 6.07) is 20.1. The number of likely N-dealkylation sites (tertiary alicyclic amines) is 1. The second-order valence-electron chi connectivity index (χ2n) is 7.91. The fraction of sp³-hybridized carbons (Fsp3) is 0.292. The first-order valence-electron chi connectivity index (χ1n) is 10.1. The quantitative estimate of drug-likeness (QED) is 0.473. The van der Waals surface area contributed by atoms with Crippen molar-refractivity contribution in [3.8, 4) is 10.4 Å². The molecule has 0 amide bonds. The predicted octanol–water partition coefficient (Wildman–Crippen LogP) is 5.75. The van der Waals surface area contributed by atoms with Crippen LogP contribution in [0.3, 0.4) is 0 Å². The largest absolute Gasteiger partial charge is 0.299 e. The molecule has 2 aromatic heterocycles. The molecule has 142 valence electrons. The highest BCUT2D eigenvalue weighted by Crippen LogP contribution is 2.26. The normalized spacial score (nSPS) is 17.9. The lowest BCUT2D eigenvalue weighted by Gasteiger charge is -2.33. The number of H-pyrrole nitrogens is 1. The van der Waals surface area contributed by atoms with Gasteiger partial charge < -0.3 is 0 Å². The van der Waals surface area contributed by atoms with Gasteiger partial charge in [-0.2, -0.15) is 5.10 Å². The molecule has 0 saturated carbocycles. The molecule has 1 aliphatic rings. The number of aromatic amines is 1. The van der Waals surface area contributed by atoms with Crippen LogP contribution in [0.2, 0.25) is 0 Å². The monoisotopic (exact) mass is 387 g/mol. The summed E-state index contributed by atoms with van der Waals surface area (Å²) in [4.78, 5) is 3.98. The van der Waals surface area contributed by atoms with Gasteiger partial charge in [-0.05, 0) is 72.0 Å². The molecule has 1 unspecified atom stereocenters. The molecule has 0 bridgehead atoms. The average Bonchev–Trinajstić information content (AvgIpc) is 3.41. The Kier molecular flexibility index (Phi) is 4.98. The van der Waals surface area contributed by atoms with Crippen molar-refractivity contribution in [2.24, 2.45) is 5.92 Å². The molecule has 0 spiro atoms. The van der Waals surface area contributed by atoms with E-state index in [9.17, 15) is 0 Å². The van der Waals surface area contributed by atoms with E-state index in [-0.39, 0.29) is 0 Å². The Balaban J connectivity index is 1.21. The van der Waals surface area contributed by atoms with E-state index in [1.807, 2.05) is 6.20 Å². The first-order valence-corrected chi connectivity index (χ1v) is 11.0. The van der Waals surface area contributed by atoms with Crippen molar-refractivity contribution in [2.75, 3.05) is 13.1 Å². The van der Waals surface area contributed by atoms with Crippen LogP contribution < -0.4 is 0 Å². The number of nitrogens with one attached hydrogen (secondary N) is 1. The minimum absolute atomic E-state index is 0.739. The first-order chi connectivity index (χ1) is 13.8. The van der Waals surface area contributed by atoms with Crippen molar-refractivity contribution >= 4 is 22.2 Å². The maximum absolute atomic E-state index is 4.14. The van der Waals surface area contributed by atoms with Crippen LogP contribution in [0.1, 0.15) is 24.0 Å². The third kappa shape index (κ3) is 3.89. The molecule has 1 atom stereocenters. The number of thiophene rings is 1. The Hall–Kier alpha value is -2.43. The van der Waals surface area contributed by atoms with Gasteiger partial charge >= 0.3 is 0 Å². The predicted molar refractivity (Wildman–Crippen MR) is 118 cm³/mol. The molecule has 0 aliphatic carbocycles. The summed E-state index contributed by atoms with van der Waals surface area (Å²) in [7, 11) is 0. The van der Waals surface area contributed by atoms with E-state index in [4.69, 9.17) is 0 Å². The van der Waals surface area contributed by atoms with Crippen LogP contribution >= 0.6 is 11.3 Å². The fourth-order valence-electron chi connectivity index (χ4n) is 4.39. The van der Waals surface area contributed by atoms with Crippen LogP contribution in [-0.2, 0) is 13.0 Å². The molecule has 1 N–H and O–H groups in total. The Morgan fingerprint density at radius 3 is 2.82 bits per heavy atom. The number of hydrogen-bond acceptors (Lipinski definition) is 3. The lowest BCUT2D eigenvalue weighted by molar-refractivity contribution is 0.167. The zero-order chi connectivity index (χ0) is 18.8. The minimum atomic E-state index is 0.739. The van der Waals surface area contributed by atoms with Gasteiger partial charge in [0.2, 0.25) is 0 Å². The lowest BCUT2D eigenvalue weighted by atomic mass is 9.90. The second-order valence-corrected chi connectivity index (χ2v) is 8.86. The highest BCUT2D eigenvalue weighted by molar-refractivity contribution is 7.13. The van der Waals surface area contributed by atoms with Gasteiger partial charge in [0, 0.05) is 23.4 Å². The summed E-state index contributed by atoms with van der Waals surface area (Å²) in [6.45, 7) is 3.46. The van der Waals surface area contributed by atoms with Crippen LogP contribution in [0, 0.1) is 5.92 Å². The highest BCUT2D eigenvalue weighted by Gasteiger charge is 2.20. The van der Waals surface area contributed by atoms with Gasteiger partial charge in [-0.15, -0.1) is 11.3 Å². The topological polar surface area (TPSA) is 31.9 Å². The third-order valence-electron chi connectivity index (χ3n) is 5.80. The molecule has 4 aromatic rings. The molecule has 2 aromatic carbocycles. The van der Waals surface area contributed by atoms with E-state index >= 15 is 0 Å². The Morgan fingerprint density at radius 1 is 1.07 bits per heavy atom. The van der Waals surface area contributed by atoms with Crippen molar-refractivity contribution < 1.29 is 0 Å². The zero-order valence-corrected chi connectivity index (χ0v) is 16.8. The second kappa shape index (κ2) is 7.90. The molecule has 1 aliphatic heterocycles. The van der Waals surface area contributed by atoms with Crippen molar-refractivity contribution in [1.82, 2.24) is 15.1 Å². The van der Waals surface area contributed by atoms with Crippen LogP contribution in [0.4, 0.5) is 0 Å². The summed E-state index contributed by atoms with van der Waals surface area (Å²) >= 11 is 1.80. The van der Waals surface area contributed by atoms with Gasteiger partial charge in [0.05, 0.1) is 11.7 Å². The van der Waals surface area contributed by atoms with E-state index in [1.165, 1.54) is 52.9 Å². The number of hydrogen-bond donors (Lipinski definition) is 1. The molecule has 1 fully saturated rings. The van der Waals surface area contributed by atoms with E-state index < -0.39 is 0 Å². The van der Waals surface area contributed by atoms with Crippen molar-refractivity contribution in [1.29, 1.82) is 0 Å². The van der Waals surface area contributed by atoms with Crippen molar-refractivity contribution in [3.63, 3.8) is 0 Å². The van der Waals surface area contributed by atoms with Gasteiger partial charge in [-0.25, -0.2) is 0 Å². The van der Waals surface area contributed by atoms with E-state index in [1.54, 1.807) is 11.3 Å². The average molecular weight is 388 g/mol. The molecule has 5 rings (SSSR count). The van der Waals surface area contributed by atoms with Crippen LogP contribution in [-0.4, -0.2) is 28.2 Å². The third-order valence-corrected chi connectivity index (χ3v) is 6.72. The fourth-order valence-corrected chi connectivity index (χ4v) is 5.12. The maximum Gasteiger partial charge on any atom is 0.0650 e. The SMILES string of the molecule is c1csc(-c2ccc(CN3CCCC(Cc4ccc5[nH]ncc5c4)C3)cc2)c1. The zero-order valence-electron chi connectivity index (χ0n) is 16.0. The van der Waals surface area contributed by atoms with Crippen LogP contribution in [0.25, 0.3) is 21.3 Å². The number of nitrogens with zero attached hydrogens (tertiary/aromatic N) is 2.